The van der Waals surface area contributed by atoms with Crippen molar-refractivity contribution in [2.24, 2.45) is 10.7 Å². The lowest BCUT2D eigenvalue weighted by molar-refractivity contribution is -0.137. The molecular formula is C40H42N8O10S. The topological polar surface area (TPSA) is 249 Å². The Morgan fingerprint density at radius 2 is 1.54 bits per heavy atom. The SMILES string of the molecule is CCc1nc(C)oc1C(=O)N=c1sc2cc(C(C)=O)cc(OC)c2n1C/C=C/Cn1c(NC(=O)c2oc(C)nc2CC)nc2cc(C(N)=O)cc(OCCCC(=O)O)c21. The van der Waals surface area contributed by atoms with Crippen LogP contribution in [0.2, 0.25) is 0 Å². The number of ether oxygens (including phenoxy) is 2. The van der Waals surface area contributed by atoms with Gasteiger partial charge >= 0.3 is 11.9 Å². The molecule has 0 bridgehead atoms. The molecule has 0 atom stereocenters. The molecular weight excluding hydrogens is 785 g/mol. The van der Waals surface area contributed by atoms with Gasteiger partial charge in [0.2, 0.25) is 23.4 Å². The second kappa shape index (κ2) is 17.7. The highest BCUT2D eigenvalue weighted by Gasteiger charge is 2.24. The number of hydrogen-bond donors (Lipinski definition) is 3. The molecule has 0 saturated carbocycles. The van der Waals surface area contributed by atoms with Crippen LogP contribution in [-0.4, -0.2) is 72.4 Å². The lowest BCUT2D eigenvalue weighted by Gasteiger charge is -2.12. The standard InChI is InChI=1S/C40H42N8O10S/c1-7-25-34(57-21(4)42-25)37(53)45-39-44-27-16-24(36(41)52)18-29(56-15-11-12-31(50)51)32(27)47(39)13-9-10-14-48-33-28(55-6)17-23(20(3)49)19-30(33)59-40(48)46-38(54)35-26(8-2)43-22(5)58-35/h9-10,16-19H,7-8,11-15H2,1-6H3,(H2,41,52)(H,50,51)(H,44,45,53)/b10-9+,46-40?. The number of Topliss-reactive ketones (excluding diaryl/α,β-unsaturated/α-hetero) is 1. The van der Waals surface area contributed by atoms with Crippen LogP contribution in [-0.2, 0) is 30.7 Å². The molecule has 308 valence electrons. The number of aliphatic carboxylic acids is 1. The van der Waals surface area contributed by atoms with Crippen LogP contribution in [0.4, 0.5) is 5.95 Å². The summed E-state index contributed by atoms with van der Waals surface area (Å²) in [7, 11) is 1.48. The number of thiazole rings is 1. The number of primary amides is 1. The average Bonchev–Trinajstić information content (AvgIpc) is 3.96. The Kier molecular flexibility index (Phi) is 12.5. The summed E-state index contributed by atoms with van der Waals surface area (Å²) in [6.07, 6.45) is 4.52. The number of aryl methyl sites for hydroxylation is 4. The fourth-order valence-corrected chi connectivity index (χ4v) is 7.46. The Balaban J connectivity index is 1.44. The number of carboxylic acids is 1. The maximum Gasteiger partial charge on any atom is 0.317 e. The van der Waals surface area contributed by atoms with Crippen LogP contribution < -0.4 is 25.3 Å². The summed E-state index contributed by atoms with van der Waals surface area (Å²) in [6, 6.07) is 6.25. The smallest absolute Gasteiger partial charge is 0.317 e. The minimum atomic E-state index is -0.994. The van der Waals surface area contributed by atoms with Crippen molar-refractivity contribution in [3.8, 4) is 11.5 Å². The van der Waals surface area contributed by atoms with Gasteiger partial charge in [0.05, 0.1) is 35.3 Å². The van der Waals surface area contributed by atoms with Crippen LogP contribution in [0.1, 0.15) is 98.6 Å². The first kappa shape index (κ1) is 41.7. The third kappa shape index (κ3) is 8.99. The number of rotatable bonds is 17. The Morgan fingerprint density at radius 1 is 0.898 bits per heavy atom. The number of carboxylic acid groups (broad SMARTS) is 1. The third-order valence-electron chi connectivity index (χ3n) is 9.10. The minimum absolute atomic E-state index is 0.00302. The molecule has 6 rings (SSSR count). The van der Waals surface area contributed by atoms with Gasteiger partial charge in [-0.3, -0.25) is 29.3 Å². The summed E-state index contributed by atoms with van der Waals surface area (Å²) in [5.74, 6) is -1.78. The number of oxazole rings is 2. The molecule has 4 heterocycles. The van der Waals surface area contributed by atoms with E-state index in [1.54, 1.807) is 41.2 Å². The van der Waals surface area contributed by atoms with E-state index in [2.05, 4.69) is 25.3 Å². The highest BCUT2D eigenvalue weighted by atomic mass is 32.1. The molecule has 4 N–H and O–H groups in total. The maximum atomic E-state index is 13.6. The lowest BCUT2D eigenvalue weighted by atomic mass is 10.1. The zero-order valence-corrected chi connectivity index (χ0v) is 34.0. The summed E-state index contributed by atoms with van der Waals surface area (Å²) < 4.78 is 27.1. The van der Waals surface area contributed by atoms with Crippen LogP contribution in [0.3, 0.4) is 0 Å². The van der Waals surface area contributed by atoms with Gasteiger partial charge in [-0.2, -0.15) is 4.99 Å². The third-order valence-corrected chi connectivity index (χ3v) is 10.1. The van der Waals surface area contributed by atoms with Gasteiger partial charge in [-0.25, -0.2) is 15.0 Å². The quantitative estimate of drug-likeness (QED) is 0.0578. The summed E-state index contributed by atoms with van der Waals surface area (Å²) in [6.45, 7) is 8.67. The number of benzene rings is 2. The lowest BCUT2D eigenvalue weighted by Crippen LogP contribution is -2.18. The molecule has 59 heavy (non-hydrogen) atoms. The second-order valence-electron chi connectivity index (χ2n) is 13.2. The maximum absolute atomic E-state index is 13.6. The highest BCUT2D eigenvalue weighted by Crippen LogP contribution is 2.33. The molecule has 0 fully saturated rings. The van der Waals surface area contributed by atoms with Crippen LogP contribution in [0.25, 0.3) is 21.3 Å². The number of nitrogens with two attached hydrogens (primary N) is 1. The number of aromatic nitrogens is 5. The van der Waals surface area contributed by atoms with E-state index in [0.717, 1.165) is 0 Å². The van der Waals surface area contributed by atoms with E-state index in [9.17, 15) is 24.0 Å². The Hall–Kier alpha value is -6.89. The summed E-state index contributed by atoms with van der Waals surface area (Å²) in [5.41, 5.74) is 8.33. The fraction of sp³-hybridized carbons (Fsp3) is 0.325. The molecule has 2 aromatic carbocycles. The van der Waals surface area contributed by atoms with E-state index in [4.69, 9.17) is 29.1 Å². The van der Waals surface area contributed by atoms with Crippen LogP contribution in [0, 0.1) is 13.8 Å². The predicted octanol–water partition coefficient (Wildman–Crippen LogP) is 5.57. The van der Waals surface area contributed by atoms with Gasteiger partial charge in [-0.05, 0) is 50.5 Å². The number of hydrogen-bond acceptors (Lipinski definition) is 13. The van der Waals surface area contributed by atoms with Crippen LogP contribution in [0.15, 0.2) is 50.2 Å². The number of fused-ring (bicyclic) bond motifs is 2. The molecule has 0 radical (unpaired) electrons. The van der Waals surface area contributed by atoms with Crippen molar-refractivity contribution in [2.45, 2.75) is 73.4 Å². The molecule has 0 aliphatic heterocycles. The molecule has 4 aromatic heterocycles. The molecule has 0 saturated heterocycles. The van der Waals surface area contributed by atoms with Gasteiger partial charge < -0.3 is 38.3 Å². The van der Waals surface area contributed by atoms with Crippen LogP contribution in [0.5, 0.6) is 11.5 Å². The monoisotopic (exact) mass is 826 g/mol. The van der Waals surface area contributed by atoms with E-state index in [1.165, 1.54) is 37.5 Å². The van der Waals surface area contributed by atoms with Crippen molar-refractivity contribution in [3.05, 3.63) is 87.0 Å². The van der Waals surface area contributed by atoms with Crippen molar-refractivity contribution in [1.82, 2.24) is 24.1 Å². The van der Waals surface area contributed by atoms with E-state index in [0.29, 0.717) is 67.9 Å². The molecule has 0 aliphatic carbocycles. The highest BCUT2D eigenvalue weighted by molar-refractivity contribution is 7.16. The first-order valence-corrected chi connectivity index (χ1v) is 19.4. The summed E-state index contributed by atoms with van der Waals surface area (Å²) in [5, 5.41) is 12.0. The molecule has 0 aliphatic rings. The Labute approximate surface area is 340 Å². The van der Waals surface area contributed by atoms with E-state index < -0.39 is 23.7 Å². The molecule has 19 heteroatoms. The van der Waals surface area contributed by atoms with Crippen molar-refractivity contribution in [3.63, 3.8) is 0 Å². The number of anilines is 1. The van der Waals surface area contributed by atoms with Crippen molar-refractivity contribution in [2.75, 3.05) is 19.0 Å². The molecule has 18 nitrogen and oxygen atoms in total. The number of amides is 3. The number of carbonyl (C=O) groups excluding carboxylic acids is 4. The largest absolute Gasteiger partial charge is 0.494 e. The van der Waals surface area contributed by atoms with Gasteiger partial charge in [-0.1, -0.05) is 37.3 Å². The second-order valence-corrected chi connectivity index (χ2v) is 14.3. The summed E-state index contributed by atoms with van der Waals surface area (Å²) >= 11 is 1.19. The summed E-state index contributed by atoms with van der Waals surface area (Å²) in [4.78, 5) is 81.1. The average molecular weight is 827 g/mol. The molecule has 6 aromatic rings. The van der Waals surface area contributed by atoms with Gasteiger partial charge in [0.1, 0.15) is 22.5 Å². The molecule has 3 amide bonds. The van der Waals surface area contributed by atoms with Crippen LogP contribution >= 0.6 is 11.3 Å². The number of ketones is 1. The number of carbonyl (C=O) groups is 5. The number of methoxy groups -OCH3 is 1. The number of allylic oxidation sites excluding steroid dienone is 2. The number of nitrogens with zero attached hydrogens (tertiary/aromatic N) is 6. The normalized spacial score (nSPS) is 11.9. The number of imidazole rings is 1. The van der Waals surface area contributed by atoms with Gasteiger partial charge in [0.25, 0.3) is 5.91 Å². The first-order valence-electron chi connectivity index (χ1n) is 18.6. The van der Waals surface area contributed by atoms with E-state index in [-0.39, 0.29) is 72.6 Å². The van der Waals surface area contributed by atoms with Crippen molar-refractivity contribution < 1.29 is 47.4 Å². The van der Waals surface area contributed by atoms with Gasteiger partial charge in [-0.15, -0.1) is 0 Å². The minimum Gasteiger partial charge on any atom is -0.494 e. The van der Waals surface area contributed by atoms with Crippen molar-refractivity contribution >= 4 is 68.0 Å². The molecule has 0 spiro atoms. The Morgan fingerprint density at radius 3 is 2.17 bits per heavy atom. The Bertz CT molecular complexity index is 2730. The number of nitrogens with one attached hydrogen (secondary N) is 1. The van der Waals surface area contributed by atoms with E-state index in [1.807, 2.05) is 19.9 Å². The zero-order chi connectivity index (χ0) is 42.5. The fourth-order valence-electron chi connectivity index (χ4n) is 6.37. The van der Waals surface area contributed by atoms with E-state index >= 15 is 0 Å². The predicted molar refractivity (Wildman–Crippen MR) is 215 cm³/mol. The zero-order valence-electron chi connectivity index (χ0n) is 33.2. The van der Waals surface area contributed by atoms with Gasteiger partial charge in [0.15, 0.2) is 22.4 Å². The van der Waals surface area contributed by atoms with Crippen molar-refractivity contribution in [1.29, 1.82) is 0 Å². The molecule has 0 unspecified atom stereocenters. The first-order chi connectivity index (χ1) is 28.2. The van der Waals surface area contributed by atoms with Gasteiger partial charge in [0, 0.05) is 44.5 Å².